The summed E-state index contributed by atoms with van der Waals surface area (Å²) >= 11 is 0. The first-order valence-corrected chi connectivity index (χ1v) is 4.97. The third-order valence-corrected chi connectivity index (χ3v) is 2.14. The van der Waals surface area contributed by atoms with E-state index in [1.807, 2.05) is 5.43 Å². The van der Waals surface area contributed by atoms with Crippen LogP contribution in [0.25, 0.3) is 0 Å². The number of hydrazine groups is 1. The molecule has 0 fully saturated rings. The van der Waals surface area contributed by atoms with Crippen LogP contribution in [0.4, 0.5) is 10.5 Å². The summed E-state index contributed by atoms with van der Waals surface area (Å²) in [7, 11) is 0. The van der Waals surface area contributed by atoms with Crippen molar-refractivity contribution in [1.29, 1.82) is 0 Å². The third-order valence-electron chi connectivity index (χ3n) is 2.14. The summed E-state index contributed by atoms with van der Waals surface area (Å²) < 4.78 is 10.9. The van der Waals surface area contributed by atoms with Gasteiger partial charge in [0.05, 0.1) is 13.2 Å². The minimum absolute atomic E-state index is 0.477. The van der Waals surface area contributed by atoms with Gasteiger partial charge in [-0.3, -0.25) is 5.43 Å². The Morgan fingerprint density at radius 3 is 2.75 bits per heavy atom. The fraction of sp³-hybridized carbons (Fsp3) is 0.300. The minimum atomic E-state index is -0.477. The zero-order chi connectivity index (χ0) is 11.4. The summed E-state index contributed by atoms with van der Waals surface area (Å²) in [6.45, 7) is 1.25. The standard InChI is InChI=1S/C10H13N3O3/c11-13-10(14)12-7-2-3-8-9(6-7)16-5-1-4-15-8/h2-3,6H,1,4-5,11H2,(H2,12,13,14). The summed E-state index contributed by atoms with van der Waals surface area (Å²) in [5.74, 6) is 6.29. The lowest BCUT2D eigenvalue weighted by molar-refractivity contribution is 0.252. The van der Waals surface area contributed by atoms with E-state index >= 15 is 0 Å². The predicted molar refractivity (Wildman–Crippen MR) is 58.4 cm³/mol. The van der Waals surface area contributed by atoms with Crippen LogP contribution in [0.2, 0.25) is 0 Å². The molecule has 1 aromatic carbocycles. The smallest absolute Gasteiger partial charge is 0.333 e. The molecule has 0 saturated heterocycles. The SMILES string of the molecule is NNC(=O)Nc1ccc2c(c1)OCCCO2. The second-order valence-electron chi connectivity index (χ2n) is 3.31. The summed E-state index contributed by atoms with van der Waals surface area (Å²) in [6, 6.07) is 4.71. The number of hydrogen-bond acceptors (Lipinski definition) is 4. The number of amides is 2. The first-order chi connectivity index (χ1) is 7.79. The van der Waals surface area contributed by atoms with Gasteiger partial charge < -0.3 is 14.8 Å². The molecule has 0 aromatic heterocycles. The Balaban J connectivity index is 2.17. The van der Waals surface area contributed by atoms with Crippen LogP contribution in [-0.4, -0.2) is 19.2 Å². The van der Waals surface area contributed by atoms with Crippen molar-refractivity contribution in [2.24, 2.45) is 5.84 Å². The van der Waals surface area contributed by atoms with Crippen molar-refractivity contribution in [3.8, 4) is 11.5 Å². The highest BCUT2D eigenvalue weighted by Gasteiger charge is 2.11. The number of carbonyl (C=O) groups excluding carboxylic acids is 1. The van der Waals surface area contributed by atoms with E-state index in [9.17, 15) is 4.79 Å². The van der Waals surface area contributed by atoms with Gasteiger partial charge in [-0.25, -0.2) is 10.6 Å². The van der Waals surface area contributed by atoms with E-state index in [1.54, 1.807) is 18.2 Å². The zero-order valence-electron chi connectivity index (χ0n) is 8.66. The zero-order valence-corrected chi connectivity index (χ0v) is 8.66. The summed E-state index contributed by atoms with van der Waals surface area (Å²) in [5, 5.41) is 2.55. The molecule has 1 heterocycles. The van der Waals surface area contributed by atoms with Crippen molar-refractivity contribution in [1.82, 2.24) is 5.43 Å². The van der Waals surface area contributed by atoms with Gasteiger partial charge in [0.1, 0.15) is 0 Å². The van der Waals surface area contributed by atoms with Gasteiger partial charge in [0.25, 0.3) is 0 Å². The Morgan fingerprint density at radius 1 is 1.25 bits per heavy atom. The van der Waals surface area contributed by atoms with Gasteiger partial charge in [-0.2, -0.15) is 0 Å². The van der Waals surface area contributed by atoms with E-state index in [-0.39, 0.29) is 0 Å². The summed E-state index contributed by atoms with van der Waals surface area (Å²) in [6.07, 6.45) is 0.848. The molecule has 0 bridgehead atoms. The number of anilines is 1. The largest absolute Gasteiger partial charge is 0.490 e. The molecule has 6 nitrogen and oxygen atoms in total. The van der Waals surface area contributed by atoms with Gasteiger partial charge in [0.15, 0.2) is 11.5 Å². The Kier molecular flexibility index (Phi) is 3.11. The van der Waals surface area contributed by atoms with Crippen LogP contribution < -0.4 is 26.1 Å². The van der Waals surface area contributed by atoms with Crippen LogP contribution in [-0.2, 0) is 0 Å². The van der Waals surface area contributed by atoms with E-state index in [0.717, 1.165) is 6.42 Å². The number of nitrogens with one attached hydrogen (secondary N) is 2. The van der Waals surface area contributed by atoms with E-state index < -0.39 is 6.03 Å². The van der Waals surface area contributed by atoms with Gasteiger partial charge >= 0.3 is 6.03 Å². The second-order valence-corrected chi connectivity index (χ2v) is 3.31. The molecule has 1 aliphatic rings. The quantitative estimate of drug-likeness (QED) is 0.374. The average molecular weight is 223 g/mol. The molecule has 0 saturated carbocycles. The predicted octanol–water partition coefficient (Wildman–Crippen LogP) is 0.843. The maximum absolute atomic E-state index is 11.0. The second kappa shape index (κ2) is 4.71. The van der Waals surface area contributed by atoms with Crippen molar-refractivity contribution in [2.45, 2.75) is 6.42 Å². The van der Waals surface area contributed by atoms with Crippen molar-refractivity contribution >= 4 is 11.7 Å². The summed E-state index contributed by atoms with van der Waals surface area (Å²) in [4.78, 5) is 11.0. The molecule has 86 valence electrons. The molecule has 1 aliphatic heterocycles. The maximum Gasteiger partial charge on any atom is 0.333 e. The molecule has 2 amide bonds. The topological polar surface area (TPSA) is 85.6 Å². The molecular weight excluding hydrogens is 210 g/mol. The van der Waals surface area contributed by atoms with E-state index in [0.29, 0.717) is 30.4 Å². The highest BCUT2D eigenvalue weighted by molar-refractivity contribution is 5.89. The third kappa shape index (κ3) is 2.34. The van der Waals surface area contributed by atoms with Crippen molar-refractivity contribution in [3.63, 3.8) is 0 Å². The molecule has 0 spiro atoms. The number of rotatable bonds is 1. The number of fused-ring (bicyclic) bond motifs is 1. The highest BCUT2D eigenvalue weighted by atomic mass is 16.5. The lowest BCUT2D eigenvalue weighted by Gasteiger charge is -2.09. The Morgan fingerprint density at radius 2 is 2.00 bits per heavy atom. The van der Waals surface area contributed by atoms with Crippen molar-refractivity contribution < 1.29 is 14.3 Å². The van der Waals surface area contributed by atoms with Crippen LogP contribution in [0.15, 0.2) is 18.2 Å². The Labute approximate surface area is 92.7 Å². The number of urea groups is 1. The minimum Gasteiger partial charge on any atom is -0.490 e. The molecular formula is C10H13N3O3. The lowest BCUT2D eigenvalue weighted by atomic mass is 10.3. The first kappa shape index (κ1) is 10.6. The van der Waals surface area contributed by atoms with Crippen molar-refractivity contribution in [3.05, 3.63) is 18.2 Å². The molecule has 1 aromatic rings. The van der Waals surface area contributed by atoms with Gasteiger partial charge in [-0.1, -0.05) is 0 Å². The van der Waals surface area contributed by atoms with Crippen LogP contribution in [0.5, 0.6) is 11.5 Å². The van der Waals surface area contributed by atoms with Crippen LogP contribution >= 0.6 is 0 Å². The fourth-order valence-electron chi connectivity index (χ4n) is 1.41. The number of hydrogen-bond donors (Lipinski definition) is 3. The number of carbonyl (C=O) groups is 1. The molecule has 4 N–H and O–H groups in total. The molecule has 6 heteroatoms. The lowest BCUT2D eigenvalue weighted by Crippen LogP contribution is -2.34. The number of nitrogens with two attached hydrogens (primary N) is 1. The van der Waals surface area contributed by atoms with Gasteiger partial charge in [-0.05, 0) is 12.1 Å². The summed E-state index contributed by atoms with van der Waals surface area (Å²) in [5.41, 5.74) is 2.59. The molecule has 16 heavy (non-hydrogen) atoms. The van der Waals surface area contributed by atoms with E-state index in [4.69, 9.17) is 15.3 Å². The molecule has 0 unspecified atom stereocenters. The van der Waals surface area contributed by atoms with E-state index in [2.05, 4.69) is 5.32 Å². The monoisotopic (exact) mass is 223 g/mol. The van der Waals surface area contributed by atoms with Gasteiger partial charge in [0, 0.05) is 18.2 Å². The Hall–Kier alpha value is -1.95. The molecule has 0 radical (unpaired) electrons. The maximum atomic E-state index is 11.0. The molecule has 0 aliphatic carbocycles. The first-order valence-electron chi connectivity index (χ1n) is 4.97. The Bertz CT molecular complexity index is 395. The number of benzene rings is 1. The fourth-order valence-corrected chi connectivity index (χ4v) is 1.41. The number of ether oxygens (including phenoxy) is 2. The average Bonchev–Trinajstić information content (AvgIpc) is 2.53. The van der Waals surface area contributed by atoms with Crippen molar-refractivity contribution in [2.75, 3.05) is 18.5 Å². The van der Waals surface area contributed by atoms with Crippen LogP contribution in [0, 0.1) is 0 Å². The van der Waals surface area contributed by atoms with Gasteiger partial charge in [0.2, 0.25) is 0 Å². The van der Waals surface area contributed by atoms with E-state index in [1.165, 1.54) is 0 Å². The molecule has 2 rings (SSSR count). The molecule has 0 atom stereocenters. The normalized spacial score (nSPS) is 13.8. The highest BCUT2D eigenvalue weighted by Crippen LogP contribution is 2.32. The van der Waals surface area contributed by atoms with Crippen LogP contribution in [0.3, 0.4) is 0 Å². The van der Waals surface area contributed by atoms with Crippen LogP contribution in [0.1, 0.15) is 6.42 Å². The van der Waals surface area contributed by atoms with Gasteiger partial charge in [-0.15, -0.1) is 0 Å².